The van der Waals surface area contributed by atoms with Gasteiger partial charge < -0.3 is 20.1 Å². The number of ether oxygens (including phenoxy) is 1. The van der Waals surface area contributed by atoms with E-state index in [-0.39, 0.29) is 36.2 Å². The highest BCUT2D eigenvalue weighted by molar-refractivity contribution is 5.89. The molecule has 0 aromatic heterocycles. The largest absolute Gasteiger partial charge is 0.396 e. The van der Waals surface area contributed by atoms with E-state index in [1.807, 2.05) is 13.8 Å². The molecule has 1 aliphatic heterocycles. The Morgan fingerprint density at radius 3 is 2.67 bits per heavy atom. The van der Waals surface area contributed by atoms with Gasteiger partial charge >= 0.3 is 0 Å². The minimum atomic E-state index is -0.292. The van der Waals surface area contributed by atoms with Crippen LogP contribution in [0.5, 0.6) is 0 Å². The second kappa shape index (κ2) is 8.34. The van der Waals surface area contributed by atoms with Crippen molar-refractivity contribution in [1.29, 1.82) is 0 Å². The number of carbonyl (C=O) groups is 2. The first-order valence-corrected chi connectivity index (χ1v) is 7.67. The van der Waals surface area contributed by atoms with Gasteiger partial charge in [-0.25, -0.2) is 0 Å². The highest BCUT2D eigenvalue weighted by atomic mass is 16.5. The van der Waals surface area contributed by atoms with Crippen LogP contribution in [-0.4, -0.2) is 61.8 Å². The van der Waals surface area contributed by atoms with E-state index in [1.54, 1.807) is 12.0 Å². The highest BCUT2D eigenvalue weighted by Gasteiger charge is 2.35. The fraction of sp³-hybridized carbons (Fsp3) is 0.867. The van der Waals surface area contributed by atoms with E-state index in [1.165, 1.54) is 0 Å². The molecule has 0 radical (unpaired) electrons. The average Bonchev–Trinajstić information content (AvgIpc) is 2.88. The van der Waals surface area contributed by atoms with Gasteiger partial charge in [0.15, 0.2) is 0 Å². The zero-order chi connectivity index (χ0) is 15.9. The van der Waals surface area contributed by atoms with Gasteiger partial charge in [0.2, 0.25) is 11.8 Å². The van der Waals surface area contributed by atoms with Gasteiger partial charge in [-0.1, -0.05) is 13.8 Å². The number of aliphatic hydroxyl groups excluding tert-OH is 1. The molecule has 21 heavy (non-hydrogen) atoms. The van der Waals surface area contributed by atoms with Gasteiger partial charge in [0.25, 0.3) is 0 Å². The van der Waals surface area contributed by atoms with Crippen molar-refractivity contribution < 1.29 is 19.4 Å². The van der Waals surface area contributed by atoms with Crippen molar-refractivity contribution in [3.8, 4) is 0 Å². The number of nitrogens with zero attached hydrogens (tertiary/aromatic N) is 1. The maximum atomic E-state index is 12.2. The Kier molecular flexibility index (Phi) is 7.11. The quantitative estimate of drug-likeness (QED) is 0.646. The molecule has 1 unspecified atom stereocenters. The van der Waals surface area contributed by atoms with E-state index in [0.29, 0.717) is 26.2 Å². The Morgan fingerprint density at radius 2 is 2.14 bits per heavy atom. The number of aliphatic hydroxyl groups is 1. The van der Waals surface area contributed by atoms with Gasteiger partial charge in [-0.2, -0.15) is 0 Å². The van der Waals surface area contributed by atoms with Crippen molar-refractivity contribution in [2.45, 2.75) is 33.1 Å². The van der Waals surface area contributed by atoms with Crippen molar-refractivity contribution in [2.75, 3.05) is 40.0 Å². The first-order valence-electron chi connectivity index (χ1n) is 7.67. The Bertz CT molecular complexity index is 347. The lowest BCUT2D eigenvalue weighted by Gasteiger charge is -2.30. The molecular weight excluding hydrogens is 272 g/mol. The first-order chi connectivity index (χ1) is 10.0. The third-order valence-electron chi connectivity index (χ3n) is 4.62. The van der Waals surface area contributed by atoms with Crippen LogP contribution in [-0.2, 0) is 14.3 Å². The summed E-state index contributed by atoms with van der Waals surface area (Å²) in [6.45, 7) is 6.01. The molecule has 6 heteroatoms. The summed E-state index contributed by atoms with van der Waals surface area (Å²) in [5.74, 6) is -0.381. The van der Waals surface area contributed by atoms with Gasteiger partial charge in [0, 0.05) is 38.6 Å². The maximum absolute atomic E-state index is 12.2. The number of likely N-dealkylation sites (tertiary alicyclic amines) is 1. The molecule has 2 amide bonds. The molecule has 0 saturated carbocycles. The monoisotopic (exact) mass is 300 g/mol. The number of amides is 2. The van der Waals surface area contributed by atoms with Crippen molar-refractivity contribution in [1.82, 2.24) is 10.2 Å². The molecule has 122 valence electrons. The molecule has 1 heterocycles. The molecule has 0 aromatic rings. The van der Waals surface area contributed by atoms with Crippen LogP contribution in [0.2, 0.25) is 0 Å². The fourth-order valence-corrected chi connectivity index (χ4v) is 2.56. The van der Waals surface area contributed by atoms with Crippen molar-refractivity contribution in [3.05, 3.63) is 0 Å². The smallest absolute Gasteiger partial charge is 0.225 e. The molecule has 0 spiro atoms. The van der Waals surface area contributed by atoms with Gasteiger partial charge in [0.05, 0.1) is 19.1 Å². The van der Waals surface area contributed by atoms with E-state index in [9.17, 15) is 14.7 Å². The zero-order valence-corrected chi connectivity index (χ0v) is 13.4. The summed E-state index contributed by atoms with van der Waals surface area (Å²) in [4.78, 5) is 25.7. The normalized spacial score (nSPS) is 19.1. The molecule has 1 saturated heterocycles. The second-order valence-electron chi connectivity index (χ2n) is 5.82. The van der Waals surface area contributed by atoms with Crippen molar-refractivity contribution in [2.24, 2.45) is 11.3 Å². The van der Waals surface area contributed by atoms with Crippen LogP contribution < -0.4 is 5.32 Å². The van der Waals surface area contributed by atoms with E-state index in [0.717, 1.165) is 12.8 Å². The first kappa shape index (κ1) is 17.9. The van der Waals surface area contributed by atoms with Crippen LogP contribution in [0.1, 0.15) is 33.1 Å². The van der Waals surface area contributed by atoms with Gasteiger partial charge in [-0.3, -0.25) is 9.59 Å². The number of hydrogen-bond donors (Lipinski definition) is 2. The SMILES string of the molecule is CCC(CC)(CO)CNC(=O)C1CC(=O)N(CCOC)C1. The molecule has 0 aliphatic carbocycles. The fourth-order valence-electron chi connectivity index (χ4n) is 2.56. The summed E-state index contributed by atoms with van der Waals surface area (Å²) in [6.07, 6.45) is 1.88. The van der Waals surface area contributed by atoms with Crippen molar-refractivity contribution in [3.63, 3.8) is 0 Å². The summed E-state index contributed by atoms with van der Waals surface area (Å²) in [5.41, 5.74) is -0.256. The Balaban J connectivity index is 2.48. The Hall–Kier alpha value is -1.14. The average molecular weight is 300 g/mol. The molecule has 0 bridgehead atoms. The lowest BCUT2D eigenvalue weighted by Crippen LogP contribution is -2.42. The van der Waals surface area contributed by atoms with E-state index < -0.39 is 0 Å². The molecule has 1 aliphatic rings. The lowest BCUT2D eigenvalue weighted by molar-refractivity contribution is -0.129. The number of nitrogens with one attached hydrogen (secondary N) is 1. The number of methoxy groups -OCH3 is 1. The third-order valence-corrected chi connectivity index (χ3v) is 4.62. The molecule has 1 atom stereocenters. The summed E-state index contributed by atoms with van der Waals surface area (Å²) in [6, 6.07) is 0. The molecule has 1 fully saturated rings. The van der Waals surface area contributed by atoms with Crippen LogP contribution in [0.25, 0.3) is 0 Å². The number of hydrogen-bond acceptors (Lipinski definition) is 4. The molecule has 2 N–H and O–H groups in total. The maximum Gasteiger partial charge on any atom is 0.225 e. The molecule has 6 nitrogen and oxygen atoms in total. The lowest BCUT2D eigenvalue weighted by atomic mass is 9.83. The Morgan fingerprint density at radius 1 is 1.48 bits per heavy atom. The van der Waals surface area contributed by atoms with E-state index >= 15 is 0 Å². The minimum Gasteiger partial charge on any atom is -0.396 e. The van der Waals surface area contributed by atoms with Crippen LogP contribution >= 0.6 is 0 Å². The van der Waals surface area contributed by atoms with Crippen LogP contribution in [0.4, 0.5) is 0 Å². The minimum absolute atomic E-state index is 0.00612. The topological polar surface area (TPSA) is 78.9 Å². The molecular formula is C15H28N2O4. The van der Waals surface area contributed by atoms with Crippen LogP contribution in [0, 0.1) is 11.3 Å². The van der Waals surface area contributed by atoms with Crippen molar-refractivity contribution >= 4 is 11.8 Å². The van der Waals surface area contributed by atoms with Gasteiger partial charge in [0.1, 0.15) is 0 Å². The number of carbonyl (C=O) groups excluding carboxylic acids is 2. The summed E-state index contributed by atoms with van der Waals surface area (Å²) in [5, 5.41) is 12.4. The van der Waals surface area contributed by atoms with Gasteiger partial charge in [-0.05, 0) is 12.8 Å². The summed E-state index contributed by atoms with van der Waals surface area (Å²) in [7, 11) is 1.59. The molecule has 1 rings (SSSR count). The molecule has 0 aromatic carbocycles. The van der Waals surface area contributed by atoms with E-state index in [4.69, 9.17) is 4.74 Å². The summed E-state index contributed by atoms with van der Waals surface area (Å²) >= 11 is 0. The second-order valence-corrected chi connectivity index (χ2v) is 5.82. The van der Waals surface area contributed by atoms with Crippen LogP contribution in [0.15, 0.2) is 0 Å². The van der Waals surface area contributed by atoms with E-state index in [2.05, 4.69) is 5.32 Å². The summed E-state index contributed by atoms with van der Waals surface area (Å²) < 4.78 is 4.96. The van der Waals surface area contributed by atoms with Gasteiger partial charge in [-0.15, -0.1) is 0 Å². The predicted octanol–water partition coefficient (Wildman–Crippen LogP) is 0.396. The van der Waals surface area contributed by atoms with Crippen LogP contribution in [0.3, 0.4) is 0 Å². The zero-order valence-electron chi connectivity index (χ0n) is 13.4. The standard InChI is InChI=1S/C15H28N2O4/c1-4-15(5-2,11-18)10-16-14(20)12-8-13(19)17(9-12)6-7-21-3/h12,18H,4-11H2,1-3H3,(H,16,20). The number of rotatable bonds is 9. The predicted molar refractivity (Wildman–Crippen MR) is 79.7 cm³/mol. The third kappa shape index (κ3) is 4.68. The highest BCUT2D eigenvalue weighted by Crippen LogP contribution is 2.25. The Labute approximate surface area is 126 Å².